The molecule has 0 amide bonds. The molecule has 1 aromatic carbocycles. The van der Waals surface area contributed by atoms with E-state index < -0.39 is 0 Å². The summed E-state index contributed by atoms with van der Waals surface area (Å²) >= 11 is 3.37. The van der Waals surface area contributed by atoms with Crippen molar-refractivity contribution in [1.29, 1.82) is 0 Å². The number of hydrogen-bond acceptors (Lipinski definition) is 1. The lowest BCUT2D eigenvalue weighted by Crippen LogP contribution is -1.93. The highest BCUT2D eigenvalue weighted by atomic mass is 79.9. The highest BCUT2D eigenvalue weighted by molar-refractivity contribution is 9.10. The lowest BCUT2D eigenvalue weighted by atomic mass is 10.1. The predicted octanol–water partition coefficient (Wildman–Crippen LogP) is 3.16. The molecule has 1 aromatic heterocycles. The van der Waals surface area contributed by atoms with Gasteiger partial charge in [0.05, 0.1) is 5.69 Å². The summed E-state index contributed by atoms with van der Waals surface area (Å²) in [4.78, 5) is 0. The van der Waals surface area contributed by atoms with Gasteiger partial charge in [-0.05, 0) is 35.0 Å². The molecule has 0 aliphatic carbocycles. The topological polar surface area (TPSA) is 17.8 Å². The van der Waals surface area contributed by atoms with Crippen LogP contribution >= 0.6 is 15.9 Å². The first-order valence-electron chi connectivity index (χ1n) is 4.43. The van der Waals surface area contributed by atoms with Crippen LogP contribution in [-0.2, 0) is 7.05 Å². The van der Waals surface area contributed by atoms with Gasteiger partial charge in [-0.2, -0.15) is 5.10 Å². The van der Waals surface area contributed by atoms with Gasteiger partial charge < -0.3 is 0 Å². The van der Waals surface area contributed by atoms with Gasteiger partial charge >= 0.3 is 0 Å². The third kappa shape index (κ3) is 1.73. The molecule has 0 N–H and O–H groups in total. The van der Waals surface area contributed by atoms with Gasteiger partial charge in [0.25, 0.3) is 0 Å². The molecule has 0 aliphatic rings. The third-order valence-corrected chi connectivity index (χ3v) is 2.55. The number of hydrogen-bond donors (Lipinski definition) is 0. The highest BCUT2D eigenvalue weighted by Gasteiger charge is 2.04. The Kier molecular flexibility index (Phi) is 2.42. The number of aromatic nitrogens is 2. The average Bonchev–Trinajstić information content (AvgIpc) is 2.45. The number of halogens is 1. The summed E-state index contributed by atoms with van der Waals surface area (Å²) in [6.45, 7) is 2.09. The minimum Gasteiger partial charge on any atom is -0.267 e. The van der Waals surface area contributed by atoms with E-state index >= 15 is 0 Å². The molecule has 3 heteroatoms. The van der Waals surface area contributed by atoms with Gasteiger partial charge in [-0.3, -0.25) is 4.68 Å². The zero-order valence-electron chi connectivity index (χ0n) is 8.16. The normalized spacial score (nSPS) is 10.5. The molecule has 0 aliphatic heterocycles. The second-order valence-electron chi connectivity index (χ2n) is 3.35. The second kappa shape index (κ2) is 3.58. The predicted molar refractivity (Wildman–Crippen MR) is 61.1 cm³/mol. The van der Waals surface area contributed by atoms with Crippen LogP contribution < -0.4 is 0 Å². The van der Waals surface area contributed by atoms with Gasteiger partial charge in [-0.1, -0.05) is 23.8 Å². The number of aryl methyl sites for hydroxylation is 2. The quantitative estimate of drug-likeness (QED) is 0.761. The first kappa shape index (κ1) is 9.46. The summed E-state index contributed by atoms with van der Waals surface area (Å²) < 4.78 is 2.75. The molecule has 0 unspecified atom stereocenters. The van der Waals surface area contributed by atoms with Crippen molar-refractivity contribution in [3.8, 4) is 11.3 Å². The maximum Gasteiger partial charge on any atom is 0.128 e. The fraction of sp³-hybridized carbons (Fsp3) is 0.182. The highest BCUT2D eigenvalue weighted by Crippen LogP contribution is 2.22. The lowest BCUT2D eigenvalue weighted by Gasteiger charge is -2.02. The molecule has 0 fully saturated rings. The molecule has 2 aromatic rings. The molecule has 0 saturated carbocycles. The lowest BCUT2D eigenvalue weighted by molar-refractivity contribution is 0.768. The van der Waals surface area contributed by atoms with E-state index in [-0.39, 0.29) is 0 Å². The molecular formula is C11H11BrN2. The Morgan fingerprint density at radius 2 is 2.07 bits per heavy atom. The average molecular weight is 251 g/mol. The van der Waals surface area contributed by atoms with Gasteiger partial charge in [-0.25, -0.2) is 0 Å². The Balaban J connectivity index is 2.54. The number of nitrogens with zero attached hydrogens (tertiary/aromatic N) is 2. The van der Waals surface area contributed by atoms with Crippen LogP contribution in [0.4, 0.5) is 0 Å². The van der Waals surface area contributed by atoms with Crippen LogP contribution in [0.1, 0.15) is 5.56 Å². The van der Waals surface area contributed by atoms with Gasteiger partial charge in [0.1, 0.15) is 4.60 Å². The van der Waals surface area contributed by atoms with E-state index in [0.717, 1.165) is 10.3 Å². The van der Waals surface area contributed by atoms with Crippen LogP contribution in [0, 0.1) is 6.92 Å². The van der Waals surface area contributed by atoms with Crippen molar-refractivity contribution >= 4 is 15.9 Å². The molecular weight excluding hydrogens is 240 g/mol. The van der Waals surface area contributed by atoms with Gasteiger partial charge in [0.2, 0.25) is 0 Å². The summed E-state index contributed by atoms with van der Waals surface area (Å²) in [5.41, 5.74) is 3.59. The Morgan fingerprint density at radius 3 is 2.64 bits per heavy atom. The minimum atomic E-state index is 0.872. The summed E-state index contributed by atoms with van der Waals surface area (Å²) in [7, 11) is 1.95. The van der Waals surface area contributed by atoms with E-state index in [1.165, 1.54) is 11.1 Å². The SMILES string of the molecule is Cc1cccc(-c2cc(Br)nn2C)c1. The van der Waals surface area contributed by atoms with Gasteiger partial charge in [0, 0.05) is 12.6 Å². The maximum atomic E-state index is 4.25. The van der Waals surface area contributed by atoms with Gasteiger partial charge in [0.15, 0.2) is 0 Å². The molecule has 2 nitrogen and oxygen atoms in total. The van der Waals surface area contributed by atoms with E-state index in [9.17, 15) is 0 Å². The summed E-state index contributed by atoms with van der Waals surface area (Å²) in [6.07, 6.45) is 0. The van der Waals surface area contributed by atoms with Crippen molar-refractivity contribution in [2.24, 2.45) is 7.05 Å². The first-order valence-corrected chi connectivity index (χ1v) is 5.23. The standard InChI is InChI=1S/C11H11BrN2/c1-8-4-3-5-9(6-8)10-7-11(12)13-14(10)2/h3-7H,1-2H3. The number of benzene rings is 1. The molecule has 14 heavy (non-hydrogen) atoms. The van der Waals surface area contributed by atoms with Crippen molar-refractivity contribution < 1.29 is 0 Å². The summed E-state index contributed by atoms with van der Waals surface area (Å²) in [5, 5.41) is 4.25. The minimum absolute atomic E-state index is 0.872. The summed E-state index contributed by atoms with van der Waals surface area (Å²) in [5.74, 6) is 0. The Hall–Kier alpha value is -1.09. The van der Waals surface area contributed by atoms with E-state index in [4.69, 9.17) is 0 Å². The Labute approximate surface area is 91.7 Å². The largest absolute Gasteiger partial charge is 0.267 e. The molecule has 0 atom stereocenters. The second-order valence-corrected chi connectivity index (χ2v) is 4.16. The Morgan fingerprint density at radius 1 is 1.29 bits per heavy atom. The molecule has 72 valence electrons. The van der Waals surface area contributed by atoms with Crippen molar-refractivity contribution in [2.75, 3.05) is 0 Å². The van der Waals surface area contributed by atoms with Crippen LogP contribution in [0.5, 0.6) is 0 Å². The number of rotatable bonds is 1. The zero-order valence-corrected chi connectivity index (χ0v) is 9.75. The Bertz CT molecular complexity index is 460. The molecule has 0 saturated heterocycles. The monoisotopic (exact) mass is 250 g/mol. The molecule has 0 bridgehead atoms. The molecule has 0 spiro atoms. The molecule has 1 heterocycles. The van der Waals surface area contributed by atoms with Crippen molar-refractivity contribution in [3.63, 3.8) is 0 Å². The fourth-order valence-electron chi connectivity index (χ4n) is 1.51. The van der Waals surface area contributed by atoms with Crippen LogP contribution in [0.2, 0.25) is 0 Å². The van der Waals surface area contributed by atoms with E-state index in [2.05, 4.69) is 52.2 Å². The van der Waals surface area contributed by atoms with Crippen molar-refractivity contribution in [2.45, 2.75) is 6.92 Å². The van der Waals surface area contributed by atoms with Crippen LogP contribution in [0.3, 0.4) is 0 Å². The van der Waals surface area contributed by atoms with Crippen LogP contribution in [0.25, 0.3) is 11.3 Å². The molecule has 2 rings (SSSR count). The van der Waals surface area contributed by atoms with E-state index in [0.29, 0.717) is 0 Å². The van der Waals surface area contributed by atoms with E-state index in [1.807, 2.05) is 17.8 Å². The molecule has 0 radical (unpaired) electrons. The zero-order chi connectivity index (χ0) is 10.1. The van der Waals surface area contributed by atoms with Crippen LogP contribution in [-0.4, -0.2) is 9.78 Å². The van der Waals surface area contributed by atoms with E-state index in [1.54, 1.807) is 0 Å². The van der Waals surface area contributed by atoms with Crippen LogP contribution in [0.15, 0.2) is 34.9 Å². The maximum absolute atomic E-state index is 4.25. The third-order valence-electron chi connectivity index (χ3n) is 2.16. The van der Waals surface area contributed by atoms with Crippen molar-refractivity contribution in [1.82, 2.24) is 9.78 Å². The van der Waals surface area contributed by atoms with Gasteiger partial charge in [-0.15, -0.1) is 0 Å². The smallest absolute Gasteiger partial charge is 0.128 e. The summed E-state index contributed by atoms with van der Waals surface area (Å²) in [6, 6.07) is 10.4. The fourth-order valence-corrected chi connectivity index (χ4v) is 1.96. The first-order chi connectivity index (χ1) is 6.66. The van der Waals surface area contributed by atoms with Crippen molar-refractivity contribution in [3.05, 3.63) is 40.5 Å².